The number of carbonyl (C=O) groups excluding carboxylic acids is 1. The largest absolute Gasteiger partial charge is 0.369 e. The number of hydrogen-bond donors (Lipinski definition) is 2. The summed E-state index contributed by atoms with van der Waals surface area (Å²) < 4.78 is 14.6. The molecule has 6 rings (SSSR count). The number of piperazine rings is 1. The van der Waals surface area contributed by atoms with Crippen LogP contribution in [-0.4, -0.2) is 60.5 Å². The molecular formula is C28H30FN7O. The second-order valence-electron chi connectivity index (χ2n) is 10.1. The van der Waals surface area contributed by atoms with E-state index in [2.05, 4.69) is 56.2 Å². The zero-order valence-electron chi connectivity index (χ0n) is 20.9. The molecule has 0 atom stereocenters. The highest BCUT2D eigenvalue weighted by Gasteiger charge is 2.52. The van der Waals surface area contributed by atoms with E-state index in [4.69, 9.17) is 0 Å². The van der Waals surface area contributed by atoms with Gasteiger partial charge in [0.25, 0.3) is 0 Å². The second kappa shape index (κ2) is 9.15. The molecule has 2 aromatic carbocycles. The summed E-state index contributed by atoms with van der Waals surface area (Å²) in [5.74, 6) is -0.334. The molecule has 9 heteroatoms. The number of anilines is 6. The minimum Gasteiger partial charge on any atom is -0.369 e. The topological polar surface area (TPSA) is 76.6 Å². The van der Waals surface area contributed by atoms with Gasteiger partial charge < -0.3 is 25.3 Å². The molecule has 190 valence electrons. The Morgan fingerprint density at radius 2 is 1.78 bits per heavy atom. The standard InChI is InChI=1S/C28H30FN7O/c1-3-25(37)36-18-28(10-11-28)22-9-6-20(16-24(22)36)31-26-23(29)17-30-27(33-26)32-19-4-7-21(8-5-19)35-14-12-34(2)13-15-35/h3-9,16-17H,1,10-15,18H2,2H3,(H2,30,31,32,33). The van der Waals surface area contributed by atoms with Gasteiger partial charge in [-0.15, -0.1) is 0 Å². The highest BCUT2D eigenvalue weighted by Crippen LogP contribution is 2.57. The number of halogens is 1. The molecule has 1 aliphatic carbocycles. The van der Waals surface area contributed by atoms with Crippen molar-refractivity contribution >= 4 is 40.4 Å². The number of rotatable bonds is 6. The Labute approximate surface area is 215 Å². The quantitative estimate of drug-likeness (QED) is 0.486. The zero-order chi connectivity index (χ0) is 25.6. The summed E-state index contributed by atoms with van der Waals surface area (Å²) in [6, 6.07) is 13.9. The van der Waals surface area contributed by atoms with Gasteiger partial charge in [-0.1, -0.05) is 12.6 Å². The summed E-state index contributed by atoms with van der Waals surface area (Å²) >= 11 is 0. The summed E-state index contributed by atoms with van der Waals surface area (Å²) in [5.41, 5.74) is 4.72. The number of hydrogen-bond acceptors (Lipinski definition) is 7. The zero-order valence-corrected chi connectivity index (χ0v) is 20.9. The average molecular weight is 500 g/mol. The Balaban J connectivity index is 1.18. The molecule has 3 heterocycles. The van der Waals surface area contributed by atoms with Gasteiger partial charge in [0.05, 0.1) is 6.20 Å². The normalized spacial score (nSPS) is 18.0. The molecule has 8 nitrogen and oxygen atoms in total. The Morgan fingerprint density at radius 3 is 2.49 bits per heavy atom. The van der Waals surface area contributed by atoms with Crippen LogP contribution in [0.15, 0.2) is 61.3 Å². The van der Waals surface area contributed by atoms with Gasteiger partial charge in [0.15, 0.2) is 11.6 Å². The molecule has 0 unspecified atom stereocenters. The first-order valence-electron chi connectivity index (χ1n) is 12.6. The molecule has 1 aromatic heterocycles. The molecule has 2 aliphatic heterocycles. The van der Waals surface area contributed by atoms with Gasteiger partial charge in [-0.2, -0.15) is 4.98 Å². The maximum atomic E-state index is 14.6. The van der Waals surface area contributed by atoms with E-state index in [9.17, 15) is 9.18 Å². The Morgan fingerprint density at radius 1 is 1.05 bits per heavy atom. The summed E-state index contributed by atoms with van der Waals surface area (Å²) in [4.78, 5) is 27.4. The minimum atomic E-state index is -0.561. The monoisotopic (exact) mass is 499 g/mol. The highest BCUT2D eigenvalue weighted by atomic mass is 19.1. The maximum Gasteiger partial charge on any atom is 0.250 e. The van der Waals surface area contributed by atoms with E-state index in [0.717, 1.165) is 56.6 Å². The van der Waals surface area contributed by atoms with Gasteiger partial charge >= 0.3 is 0 Å². The fourth-order valence-electron chi connectivity index (χ4n) is 5.24. The third-order valence-electron chi connectivity index (χ3n) is 7.61. The van der Waals surface area contributed by atoms with E-state index in [1.807, 2.05) is 30.3 Å². The molecule has 0 bridgehead atoms. The number of nitrogens with one attached hydrogen (secondary N) is 2. The molecule has 2 N–H and O–H groups in total. The molecule has 1 amide bonds. The molecule has 1 saturated carbocycles. The number of carbonyl (C=O) groups is 1. The Bertz CT molecular complexity index is 1350. The van der Waals surface area contributed by atoms with Gasteiger partial charge in [-0.3, -0.25) is 4.79 Å². The molecule has 0 radical (unpaired) electrons. The number of aromatic nitrogens is 2. The van der Waals surface area contributed by atoms with Crippen molar-refractivity contribution in [3.05, 3.63) is 72.7 Å². The first kappa shape index (κ1) is 23.4. The fourth-order valence-corrected chi connectivity index (χ4v) is 5.24. The van der Waals surface area contributed by atoms with Crippen molar-refractivity contribution in [3.8, 4) is 0 Å². The summed E-state index contributed by atoms with van der Waals surface area (Å²) in [7, 11) is 2.14. The van der Waals surface area contributed by atoms with Crippen LogP contribution in [0.2, 0.25) is 0 Å². The van der Waals surface area contributed by atoms with E-state index in [1.165, 1.54) is 17.3 Å². The summed E-state index contributed by atoms with van der Waals surface area (Å²) in [6.07, 6.45) is 4.63. The van der Waals surface area contributed by atoms with Crippen LogP contribution in [0.3, 0.4) is 0 Å². The number of nitrogens with zero attached hydrogens (tertiary/aromatic N) is 5. The van der Waals surface area contributed by atoms with E-state index >= 15 is 0 Å². The first-order valence-corrected chi connectivity index (χ1v) is 12.6. The van der Waals surface area contributed by atoms with Gasteiger partial charge in [0.1, 0.15) is 0 Å². The van der Waals surface area contributed by atoms with E-state index in [0.29, 0.717) is 12.2 Å². The summed E-state index contributed by atoms with van der Waals surface area (Å²) in [5, 5.41) is 6.23. The molecule has 3 aliphatic rings. The predicted octanol–water partition coefficient (Wildman–Crippen LogP) is 4.42. The van der Waals surface area contributed by atoms with Crippen LogP contribution in [0.5, 0.6) is 0 Å². The van der Waals surface area contributed by atoms with Crippen LogP contribution in [0.25, 0.3) is 0 Å². The molecule has 2 fully saturated rings. The maximum absolute atomic E-state index is 14.6. The van der Waals surface area contributed by atoms with Crippen LogP contribution in [0, 0.1) is 5.82 Å². The number of benzene rings is 2. The van der Waals surface area contributed by atoms with Crippen molar-refractivity contribution in [2.24, 2.45) is 0 Å². The smallest absolute Gasteiger partial charge is 0.250 e. The number of amides is 1. The van der Waals surface area contributed by atoms with Crippen molar-refractivity contribution < 1.29 is 9.18 Å². The van der Waals surface area contributed by atoms with Crippen LogP contribution in [0.1, 0.15) is 18.4 Å². The first-order chi connectivity index (χ1) is 17.9. The van der Waals surface area contributed by atoms with Crippen LogP contribution >= 0.6 is 0 Å². The molecule has 1 saturated heterocycles. The van der Waals surface area contributed by atoms with E-state index in [1.54, 1.807) is 4.90 Å². The lowest BCUT2D eigenvalue weighted by molar-refractivity contribution is -0.114. The van der Waals surface area contributed by atoms with Gasteiger partial charge in [0, 0.05) is 60.9 Å². The minimum absolute atomic E-state index is 0.0592. The molecule has 37 heavy (non-hydrogen) atoms. The van der Waals surface area contributed by atoms with Gasteiger partial charge in [0.2, 0.25) is 11.9 Å². The Kier molecular flexibility index (Phi) is 5.79. The third kappa shape index (κ3) is 4.51. The van der Waals surface area contributed by atoms with Crippen molar-refractivity contribution in [3.63, 3.8) is 0 Å². The van der Waals surface area contributed by atoms with Crippen molar-refractivity contribution in [1.82, 2.24) is 14.9 Å². The van der Waals surface area contributed by atoms with Gasteiger partial charge in [-0.05, 0) is 67.9 Å². The highest BCUT2D eigenvalue weighted by molar-refractivity contribution is 6.04. The third-order valence-corrected chi connectivity index (χ3v) is 7.61. The van der Waals surface area contributed by atoms with Gasteiger partial charge in [-0.25, -0.2) is 9.37 Å². The van der Waals surface area contributed by atoms with Crippen LogP contribution in [0.4, 0.5) is 38.9 Å². The molecule has 3 aromatic rings. The van der Waals surface area contributed by atoms with Crippen LogP contribution in [-0.2, 0) is 10.2 Å². The van der Waals surface area contributed by atoms with E-state index < -0.39 is 5.82 Å². The molecule has 1 spiro atoms. The number of fused-ring (bicyclic) bond motifs is 2. The predicted molar refractivity (Wildman–Crippen MR) is 145 cm³/mol. The van der Waals surface area contributed by atoms with Crippen molar-refractivity contribution in [2.45, 2.75) is 18.3 Å². The lowest BCUT2D eigenvalue weighted by Gasteiger charge is -2.34. The number of likely N-dealkylation sites (N-methyl/N-ethyl adjacent to an activating group) is 1. The van der Waals surface area contributed by atoms with Crippen molar-refractivity contribution in [1.29, 1.82) is 0 Å². The SMILES string of the molecule is C=CC(=O)N1CC2(CC2)c2ccc(Nc3nc(Nc4ccc(N5CCN(C)CC5)cc4)ncc3F)cc21. The second-order valence-corrected chi connectivity index (χ2v) is 10.1. The molecular weight excluding hydrogens is 469 g/mol. The van der Waals surface area contributed by atoms with Crippen molar-refractivity contribution in [2.75, 3.05) is 60.2 Å². The lowest BCUT2D eigenvalue weighted by Crippen LogP contribution is -2.44. The van der Waals surface area contributed by atoms with Crippen LogP contribution < -0.4 is 20.4 Å². The Hall–Kier alpha value is -3.98. The fraction of sp³-hybridized carbons (Fsp3) is 0.321. The lowest BCUT2D eigenvalue weighted by atomic mass is 9.98. The average Bonchev–Trinajstić information content (AvgIpc) is 3.63. The summed E-state index contributed by atoms with van der Waals surface area (Å²) in [6.45, 7) is 8.41. The van der Waals surface area contributed by atoms with E-state index in [-0.39, 0.29) is 23.1 Å².